The lowest BCUT2D eigenvalue weighted by Gasteiger charge is -2.40. The van der Waals surface area contributed by atoms with E-state index in [1.807, 2.05) is 0 Å². The van der Waals surface area contributed by atoms with Crippen LogP contribution in [0.3, 0.4) is 0 Å². The molecule has 2 N–H and O–H groups in total. The normalized spacial score (nSPS) is 24.3. The van der Waals surface area contributed by atoms with E-state index in [1.54, 1.807) is 20.8 Å². The quantitative estimate of drug-likeness (QED) is 0.832. The van der Waals surface area contributed by atoms with Crippen LogP contribution in [0.25, 0.3) is 0 Å². The number of alkyl halides is 3. The Hall–Kier alpha value is -2.09. The van der Waals surface area contributed by atoms with Gasteiger partial charge in [-0.25, -0.2) is 4.79 Å². The van der Waals surface area contributed by atoms with Crippen LogP contribution in [0.15, 0.2) is 24.3 Å². The summed E-state index contributed by atoms with van der Waals surface area (Å²) in [6.45, 7) is 4.79. The maximum absolute atomic E-state index is 13.5. The van der Waals surface area contributed by atoms with Crippen molar-refractivity contribution in [1.29, 1.82) is 0 Å². The molecule has 1 aromatic rings. The van der Waals surface area contributed by atoms with Gasteiger partial charge in [0.05, 0.1) is 5.56 Å². The van der Waals surface area contributed by atoms with Crippen molar-refractivity contribution < 1.29 is 32.6 Å². The molecular weight excluding hydrogens is 351 g/mol. The molecule has 0 aliphatic heterocycles. The van der Waals surface area contributed by atoms with Crippen LogP contribution in [0.4, 0.5) is 18.0 Å². The van der Waals surface area contributed by atoms with Gasteiger partial charge in [-0.15, -0.1) is 0 Å². The van der Waals surface area contributed by atoms with E-state index < -0.39 is 40.9 Å². The molecule has 0 saturated heterocycles. The fraction of sp³-hybridized carbons (Fsp3) is 0.556. The van der Waals surface area contributed by atoms with Crippen molar-refractivity contribution >= 4 is 11.9 Å². The van der Waals surface area contributed by atoms with E-state index in [1.165, 1.54) is 12.1 Å². The van der Waals surface area contributed by atoms with Crippen molar-refractivity contribution in [3.63, 3.8) is 0 Å². The van der Waals surface area contributed by atoms with Crippen molar-refractivity contribution in [1.82, 2.24) is 5.32 Å². The lowest BCUT2D eigenvalue weighted by Crippen LogP contribution is -2.58. The molecule has 8 heteroatoms. The maximum atomic E-state index is 13.5. The first-order valence-corrected chi connectivity index (χ1v) is 8.27. The Balaban J connectivity index is 2.57. The summed E-state index contributed by atoms with van der Waals surface area (Å²) in [7, 11) is 0. The molecule has 2 rings (SSSR count). The maximum Gasteiger partial charge on any atom is 0.416 e. The largest absolute Gasteiger partial charge is 0.444 e. The van der Waals surface area contributed by atoms with Gasteiger partial charge in [0.1, 0.15) is 17.2 Å². The summed E-state index contributed by atoms with van der Waals surface area (Å²) in [5.74, 6) is -0.869. The number of aliphatic hydroxyl groups excluding tert-OH is 1. The Morgan fingerprint density at radius 2 is 1.88 bits per heavy atom. The van der Waals surface area contributed by atoms with Crippen LogP contribution in [0.1, 0.15) is 51.2 Å². The van der Waals surface area contributed by atoms with Crippen LogP contribution in [0.2, 0.25) is 0 Å². The molecule has 0 radical (unpaired) electrons. The monoisotopic (exact) mass is 373 g/mol. The zero-order valence-electron chi connectivity index (χ0n) is 14.8. The molecule has 2 atom stereocenters. The number of ether oxygens (including phenoxy) is 1. The Bertz CT molecular complexity index is 696. The van der Waals surface area contributed by atoms with Gasteiger partial charge < -0.3 is 15.2 Å². The predicted octanol–water partition coefficient (Wildman–Crippen LogP) is 3.54. The minimum Gasteiger partial charge on any atom is -0.444 e. The number of hydrogen-bond donors (Lipinski definition) is 2. The molecule has 5 nitrogen and oxygen atoms in total. The summed E-state index contributed by atoms with van der Waals surface area (Å²) < 4.78 is 45.6. The first kappa shape index (κ1) is 20.2. The number of amides is 1. The molecule has 0 heterocycles. The number of carbonyl (C=O) groups is 2. The van der Waals surface area contributed by atoms with Gasteiger partial charge in [0.15, 0.2) is 5.78 Å². The summed E-state index contributed by atoms with van der Waals surface area (Å²) in [6.07, 6.45) is -6.85. The molecule has 0 spiro atoms. The molecule has 1 aliphatic rings. The molecule has 0 aromatic heterocycles. The molecule has 2 unspecified atom stereocenters. The van der Waals surface area contributed by atoms with Gasteiger partial charge in [-0.2, -0.15) is 13.2 Å². The molecule has 1 saturated carbocycles. The highest BCUT2D eigenvalue weighted by molar-refractivity contribution is 5.96. The summed E-state index contributed by atoms with van der Waals surface area (Å²) >= 11 is 0. The van der Waals surface area contributed by atoms with Gasteiger partial charge in [0.2, 0.25) is 0 Å². The van der Waals surface area contributed by atoms with Crippen LogP contribution >= 0.6 is 0 Å². The zero-order chi connectivity index (χ0) is 19.8. The highest BCUT2D eigenvalue weighted by atomic mass is 19.4. The Kier molecular flexibility index (Phi) is 5.37. The molecule has 1 aliphatic carbocycles. The van der Waals surface area contributed by atoms with E-state index in [4.69, 9.17) is 4.74 Å². The predicted molar refractivity (Wildman–Crippen MR) is 87.4 cm³/mol. The fourth-order valence-electron chi connectivity index (χ4n) is 3.14. The summed E-state index contributed by atoms with van der Waals surface area (Å²) in [5.41, 5.74) is -4.31. The topological polar surface area (TPSA) is 75.6 Å². The molecular formula is C18H22F3NO4. The van der Waals surface area contributed by atoms with E-state index in [-0.39, 0.29) is 24.8 Å². The fourth-order valence-corrected chi connectivity index (χ4v) is 3.14. The first-order valence-electron chi connectivity index (χ1n) is 8.27. The number of nitrogens with one attached hydrogen (secondary N) is 1. The lowest BCUT2D eigenvalue weighted by atomic mass is 9.72. The number of ketones is 1. The van der Waals surface area contributed by atoms with Gasteiger partial charge in [-0.05, 0) is 51.7 Å². The van der Waals surface area contributed by atoms with Gasteiger partial charge in [-0.3, -0.25) is 4.79 Å². The second kappa shape index (κ2) is 6.90. The van der Waals surface area contributed by atoms with Crippen LogP contribution < -0.4 is 5.32 Å². The van der Waals surface area contributed by atoms with E-state index >= 15 is 0 Å². The van der Waals surface area contributed by atoms with Gasteiger partial charge in [0, 0.05) is 0 Å². The number of Topliss-reactive ketones (excluding diaryl/α,β-unsaturated/α-hetero) is 1. The van der Waals surface area contributed by atoms with Crippen LogP contribution in [0, 0.1) is 0 Å². The van der Waals surface area contributed by atoms with Crippen LogP contribution in [-0.4, -0.2) is 28.7 Å². The second-order valence-corrected chi connectivity index (χ2v) is 7.35. The molecule has 1 fully saturated rings. The van der Waals surface area contributed by atoms with E-state index in [9.17, 15) is 27.9 Å². The highest BCUT2D eigenvalue weighted by Crippen LogP contribution is 2.42. The Labute approximate surface area is 149 Å². The van der Waals surface area contributed by atoms with Gasteiger partial charge >= 0.3 is 12.3 Å². The smallest absolute Gasteiger partial charge is 0.416 e. The Morgan fingerprint density at radius 3 is 2.46 bits per heavy atom. The van der Waals surface area contributed by atoms with E-state index in [2.05, 4.69) is 5.32 Å². The number of benzene rings is 1. The van der Waals surface area contributed by atoms with Crippen molar-refractivity contribution in [3.05, 3.63) is 35.4 Å². The number of carbonyl (C=O) groups excluding carboxylic acids is 2. The third-order valence-corrected chi connectivity index (χ3v) is 4.16. The molecule has 1 amide bonds. The molecule has 144 valence electrons. The summed E-state index contributed by atoms with van der Waals surface area (Å²) in [6, 6.07) is 4.56. The van der Waals surface area contributed by atoms with Crippen LogP contribution in [-0.2, 0) is 21.2 Å². The van der Waals surface area contributed by atoms with Crippen LogP contribution in [0.5, 0.6) is 0 Å². The third-order valence-electron chi connectivity index (χ3n) is 4.16. The van der Waals surface area contributed by atoms with Crippen molar-refractivity contribution in [3.8, 4) is 0 Å². The van der Waals surface area contributed by atoms with Crippen molar-refractivity contribution in [2.24, 2.45) is 0 Å². The standard InChI is InChI=1S/C18H22F3NO4/c1-16(2,3)26-15(25)22-17(10-6-9-13(23)14(17)24)11-7-4-5-8-12(11)18(19,20)21/h4-5,7-8,13,23H,6,9-10H2,1-3H3,(H,22,25). The molecule has 0 bridgehead atoms. The number of hydrogen-bond acceptors (Lipinski definition) is 4. The third kappa shape index (κ3) is 4.17. The SMILES string of the molecule is CC(C)(C)OC(=O)NC1(c2ccccc2C(F)(F)F)CCCC(O)C1=O. The lowest BCUT2D eigenvalue weighted by molar-refractivity contribution is -0.143. The number of halogens is 3. The highest BCUT2D eigenvalue weighted by Gasteiger charge is 2.51. The average Bonchev–Trinajstić information content (AvgIpc) is 2.49. The number of aliphatic hydroxyl groups is 1. The van der Waals surface area contributed by atoms with Crippen molar-refractivity contribution in [2.75, 3.05) is 0 Å². The second-order valence-electron chi connectivity index (χ2n) is 7.35. The average molecular weight is 373 g/mol. The Morgan fingerprint density at radius 1 is 1.27 bits per heavy atom. The molecule has 26 heavy (non-hydrogen) atoms. The van der Waals surface area contributed by atoms with E-state index in [0.29, 0.717) is 0 Å². The minimum absolute atomic E-state index is 0.0603. The summed E-state index contributed by atoms with van der Waals surface area (Å²) in [5, 5.41) is 12.3. The van der Waals surface area contributed by atoms with E-state index in [0.717, 1.165) is 12.1 Å². The molecule has 1 aromatic carbocycles. The number of rotatable bonds is 2. The minimum atomic E-state index is -4.72. The summed E-state index contributed by atoms with van der Waals surface area (Å²) in [4.78, 5) is 25.0. The van der Waals surface area contributed by atoms with Gasteiger partial charge in [-0.1, -0.05) is 18.2 Å². The zero-order valence-corrected chi connectivity index (χ0v) is 14.8. The number of alkyl carbamates (subject to hydrolysis) is 1. The van der Waals surface area contributed by atoms with Gasteiger partial charge in [0.25, 0.3) is 0 Å². The van der Waals surface area contributed by atoms with Crippen molar-refractivity contribution in [2.45, 2.75) is 63.5 Å². The first-order chi connectivity index (χ1) is 11.9.